The number of carbonyl (C=O) groups is 2. The quantitative estimate of drug-likeness (QED) is 0.608. The van der Waals surface area contributed by atoms with Crippen molar-refractivity contribution in [1.82, 2.24) is 15.1 Å². The van der Waals surface area contributed by atoms with Gasteiger partial charge in [-0.15, -0.1) is 0 Å². The van der Waals surface area contributed by atoms with Gasteiger partial charge >= 0.3 is 0 Å². The number of benzene rings is 3. The van der Waals surface area contributed by atoms with E-state index in [-0.39, 0.29) is 18.2 Å². The summed E-state index contributed by atoms with van der Waals surface area (Å²) < 4.78 is 0. The highest BCUT2D eigenvalue weighted by molar-refractivity contribution is 5.92. The Bertz CT molecular complexity index is 1110. The first-order valence-electron chi connectivity index (χ1n) is 11.6. The zero-order valence-corrected chi connectivity index (χ0v) is 19.1. The lowest BCUT2D eigenvalue weighted by Gasteiger charge is -2.35. The van der Waals surface area contributed by atoms with Gasteiger partial charge in [0, 0.05) is 32.7 Å². The molecule has 5 nitrogen and oxygen atoms in total. The fourth-order valence-electron chi connectivity index (χ4n) is 4.30. The molecule has 1 fully saturated rings. The number of nitrogens with one attached hydrogen (secondary N) is 1. The lowest BCUT2D eigenvalue weighted by molar-refractivity contribution is -0.137. The average molecular weight is 442 g/mol. The van der Waals surface area contributed by atoms with Crippen LogP contribution in [0.1, 0.15) is 18.1 Å². The van der Waals surface area contributed by atoms with Crippen LogP contribution in [-0.4, -0.2) is 60.4 Å². The van der Waals surface area contributed by atoms with E-state index in [1.807, 2.05) is 65.6 Å². The molecule has 1 N–H and O–H groups in total. The number of amides is 2. The third-order valence-corrected chi connectivity index (χ3v) is 6.14. The predicted molar refractivity (Wildman–Crippen MR) is 134 cm³/mol. The normalized spacial score (nSPS) is 15.6. The van der Waals surface area contributed by atoms with Crippen LogP contribution in [0.15, 0.2) is 78.9 Å². The van der Waals surface area contributed by atoms with Gasteiger partial charge in [-0.1, -0.05) is 84.9 Å². The average Bonchev–Trinajstić information content (AvgIpc) is 2.85. The van der Waals surface area contributed by atoms with E-state index in [0.29, 0.717) is 13.1 Å². The minimum atomic E-state index is -0.531. The summed E-state index contributed by atoms with van der Waals surface area (Å²) in [7, 11) is 0. The summed E-state index contributed by atoms with van der Waals surface area (Å²) in [5.41, 5.74) is 2.17. The predicted octanol–water partition coefficient (Wildman–Crippen LogP) is 3.74. The van der Waals surface area contributed by atoms with E-state index in [0.717, 1.165) is 36.0 Å². The molecule has 0 bridgehead atoms. The van der Waals surface area contributed by atoms with Gasteiger partial charge in [0.05, 0.1) is 6.42 Å². The molecule has 0 radical (unpaired) electrons. The molecule has 0 saturated carbocycles. The first-order chi connectivity index (χ1) is 16.1. The van der Waals surface area contributed by atoms with Gasteiger partial charge in [0.15, 0.2) is 0 Å². The van der Waals surface area contributed by atoms with Gasteiger partial charge in [0.2, 0.25) is 11.8 Å². The van der Waals surface area contributed by atoms with E-state index < -0.39 is 6.04 Å². The Morgan fingerprint density at radius 3 is 2.39 bits per heavy atom. The molecule has 4 rings (SSSR count). The van der Waals surface area contributed by atoms with Gasteiger partial charge in [-0.2, -0.15) is 0 Å². The smallest absolute Gasteiger partial charge is 0.244 e. The van der Waals surface area contributed by atoms with E-state index in [2.05, 4.69) is 34.5 Å². The van der Waals surface area contributed by atoms with Crippen LogP contribution in [0.25, 0.3) is 16.8 Å². The van der Waals surface area contributed by atoms with Crippen LogP contribution in [0.5, 0.6) is 0 Å². The van der Waals surface area contributed by atoms with Crippen LogP contribution in [0.2, 0.25) is 0 Å². The fraction of sp³-hybridized carbons (Fsp3) is 0.286. The van der Waals surface area contributed by atoms with Gasteiger partial charge in [0.25, 0.3) is 0 Å². The topological polar surface area (TPSA) is 52.7 Å². The second kappa shape index (κ2) is 10.9. The summed E-state index contributed by atoms with van der Waals surface area (Å²) >= 11 is 0. The minimum absolute atomic E-state index is 0.0132. The Morgan fingerprint density at radius 1 is 0.909 bits per heavy atom. The number of hydrogen-bond donors (Lipinski definition) is 1. The molecule has 0 aliphatic carbocycles. The summed E-state index contributed by atoms with van der Waals surface area (Å²) in [5, 5.41) is 5.09. The van der Waals surface area contributed by atoms with Crippen molar-refractivity contribution in [3.8, 4) is 0 Å². The molecular weight excluding hydrogens is 410 g/mol. The van der Waals surface area contributed by atoms with Gasteiger partial charge in [0.1, 0.15) is 6.04 Å². The van der Waals surface area contributed by atoms with Crippen molar-refractivity contribution in [3.05, 3.63) is 90.0 Å². The van der Waals surface area contributed by atoms with Crippen molar-refractivity contribution in [1.29, 1.82) is 0 Å². The molecule has 0 aromatic heterocycles. The lowest BCUT2D eigenvalue weighted by atomic mass is 10.0. The van der Waals surface area contributed by atoms with Crippen LogP contribution in [0.4, 0.5) is 0 Å². The largest absolute Gasteiger partial charge is 0.344 e. The summed E-state index contributed by atoms with van der Waals surface area (Å²) in [6.45, 7) is 5.68. The number of piperazine rings is 1. The molecule has 1 aliphatic rings. The molecule has 1 unspecified atom stereocenters. The molecule has 2 amide bonds. The molecule has 1 atom stereocenters. The molecule has 1 heterocycles. The zero-order valence-electron chi connectivity index (χ0n) is 19.1. The lowest BCUT2D eigenvalue weighted by Crippen LogP contribution is -2.54. The molecule has 5 heteroatoms. The van der Waals surface area contributed by atoms with Crippen LogP contribution in [0, 0.1) is 0 Å². The highest BCUT2D eigenvalue weighted by atomic mass is 16.2. The molecule has 0 spiro atoms. The second-order valence-electron chi connectivity index (χ2n) is 8.54. The minimum Gasteiger partial charge on any atom is -0.344 e. The van der Waals surface area contributed by atoms with Crippen molar-refractivity contribution in [2.24, 2.45) is 0 Å². The van der Waals surface area contributed by atoms with Crippen LogP contribution in [-0.2, 0) is 16.0 Å². The molecule has 3 aromatic rings. The van der Waals surface area contributed by atoms with E-state index in [9.17, 15) is 9.59 Å². The Balaban J connectivity index is 1.24. The van der Waals surface area contributed by atoms with Crippen molar-refractivity contribution < 1.29 is 9.59 Å². The molecule has 1 saturated heterocycles. The van der Waals surface area contributed by atoms with Gasteiger partial charge < -0.3 is 10.2 Å². The summed E-state index contributed by atoms with van der Waals surface area (Å²) in [4.78, 5) is 29.7. The number of fused-ring (bicyclic) bond motifs is 1. The highest BCUT2D eigenvalue weighted by Crippen LogP contribution is 2.19. The van der Waals surface area contributed by atoms with Crippen LogP contribution >= 0.6 is 0 Å². The summed E-state index contributed by atoms with van der Waals surface area (Å²) in [5.74, 6) is -0.141. The van der Waals surface area contributed by atoms with Crippen molar-refractivity contribution in [3.63, 3.8) is 0 Å². The van der Waals surface area contributed by atoms with Gasteiger partial charge in [-0.05, 0) is 28.8 Å². The number of hydrogen-bond acceptors (Lipinski definition) is 3. The van der Waals surface area contributed by atoms with E-state index in [4.69, 9.17) is 0 Å². The van der Waals surface area contributed by atoms with Crippen molar-refractivity contribution in [2.75, 3.05) is 32.7 Å². The number of nitrogens with zero attached hydrogens (tertiary/aromatic N) is 2. The maximum absolute atomic E-state index is 12.9. The van der Waals surface area contributed by atoms with E-state index in [1.54, 1.807) is 6.92 Å². The molecular formula is C28H31N3O2. The first kappa shape index (κ1) is 22.7. The fourth-order valence-corrected chi connectivity index (χ4v) is 4.30. The molecule has 33 heavy (non-hydrogen) atoms. The van der Waals surface area contributed by atoms with Crippen LogP contribution in [0.3, 0.4) is 0 Å². The number of carbonyl (C=O) groups excluding carboxylic acids is 2. The third-order valence-electron chi connectivity index (χ3n) is 6.14. The zero-order chi connectivity index (χ0) is 23.0. The first-order valence-corrected chi connectivity index (χ1v) is 11.6. The second-order valence-corrected chi connectivity index (χ2v) is 8.54. The van der Waals surface area contributed by atoms with E-state index >= 15 is 0 Å². The molecule has 1 aliphatic heterocycles. The Kier molecular flexibility index (Phi) is 7.53. The number of rotatable bonds is 7. The van der Waals surface area contributed by atoms with Crippen LogP contribution < -0.4 is 5.32 Å². The van der Waals surface area contributed by atoms with Gasteiger partial charge in [-0.25, -0.2) is 0 Å². The monoisotopic (exact) mass is 441 g/mol. The highest BCUT2D eigenvalue weighted by Gasteiger charge is 2.25. The third kappa shape index (κ3) is 6.08. The summed E-state index contributed by atoms with van der Waals surface area (Å²) in [6, 6.07) is 23.7. The molecule has 3 aromatic carbocycles. The maximum Gasteiger partial charge on any atom is 0.244 e. The maximum atomic E-state index is 12.9. The SMILES string of the molecule is CC(NC(=O)Cc1cccc2ccccc12)C(=O)N1CCN(CC=Cc2ccccc2)CC1. The standard InChI is InChI=1S/C28H31N3O2/c1-22(29-27(32)21-25-14-7-13-24-12-5-6-15-26(24)25)28(33)31-19-17-30(18-20-31)16-8-11-23-9-3-2-4-10-23/h2-15,22H,16-21H2,1H3,(H,29,32). The summed E-state index contributed by atoms with van der Waals surface area (Å²) in [6.07, 6.45) is 4.56. The molecule has 170 valence electrons. The van der Waals surface area contributed by atoms with Crippen molar-refractivity contribution in [2.45, 2.75) is 19.4 Å². The van der Waals surface area contributed by atoms with E-state index in [1.165, 1.54) is 5.56 Å². The van der Waals surface area contributed by atoms with Gasteiger partial charge in [-0.3, -0.25) is 14.5 Å². The van der Waals surface area contributed by atoms with Crippen molar-refractivity contribution >= 4 is 28.7 Å². The Hall–Kier alpha value is -3.44. The Morgan fingerprint density at radius 2 is 1.61 bits per heavy atom. The Labute approximate surface area is 195 Å².